The number of rotatable bonds is 8. The molecule has 27 heavy (non-hydrogen) atoms. The van der Waals surface area contributed by atoms with Crippen molar-refractivity contribution in [3.8, 4) is 17.2 Å². The van der Waals surface area contributed by atoms with Crippen LogP contribution in [0.1, 0.15) is 43.8 Å². The van der Waals surface area contributed by atoms with Crippen LogP contribution in [-0.2, 0) is 0 Å². The number of benzene rings is 1. The highest BCUT2D eigenvalue weighted by molar-refractivity contribution is 6.10. The zero-order valence-corrected chi connectivity index (χ0v) is 16.0. The lowest BCUT2D eigenvalue weighted by atomic mass is 10.1. The highest BCUT2D eigenvalue weighted by Gasteiger charge is 2.18. The van der Waals surface area contributed by atoms with Crippen LogP contribution in [0.3, 0.4) is 0 Å². The van der Waals surface area contributed by atoms with Crippen LogP contribution >= 0.6 is 0 Å². The van der Waals surface area contributed by atoms with Crippen molar-refractivity contribution in [2.24, 2.45) is 0 Å². The van der Waals surface area contributed by atoms with E-state index in [2.05, 4.69) is 0 Å². The van der Waals surface area contributed by atoms with Gasteiger partial charge in [0.05, 0.1) is 12.5 Å². The largest absolute Gasteiger partial charge is 0.507 e. The summed E-state index contributed by atoms with van der Waals surface area (Å²) in [5.41, 5.74) is 2.12. The van der Waals surface area contributed by atoms with Gasteiger partial charge in [-0.15, -0.1) is 0 Å². The van der Waals surface area contributed by atoms with Crippen molar-refractivity contribution in [2.75, 3.05) is 6.61 Å². The van der Waals surface area contributed by atoms with E-state index in [0.717, 1.165) is 11.1 Å². The summed E-state index contributed by atoms with van der Waals surface area (Å²) in [4.78, 5) is 12.6. The molecule has 5 nitrogen and oxygen atoms in total. The second-order valence-corrected chi connectivity index (χ2v) is 6.43. The lowest BCUT2D eigenvalue weighted by molar-refractivity contribution is 0.104. The SMILES string of the molecule is CC(C)=CCOc1cc(OC=C(C)C)cc(O)c1C(=O)/C=C/c1ccco1. The van der Waals surface area contributed by atoms with Gasteiger partial charge in [-0.25, -0.2) is 0 Å². The van der Waals surface area contributed by atoms with Gasteiger partial charge in [-0.3, -0.25) is 4.79 Å². The monoisotopic (exact) mass is 368 g/mol. The quantitative estimate of drug-likeness (QED) is 0.287. The maximum atomic E-state index is 12.6. The topological polar surface area (TPSA) is 68.9 Å². The molecular weight excluding hydrogens is 344 g/mol. The molecular formula is C22H24O5. The zero-order chi connectivity index (χ0) is 19.8. The molecule has 0 aliphatic rings. The molecule has 2 rings (SSSR count). The Bertz CT molecular complexity index is 862. The first-order valence-electron chi connectivity index (χ1n) is 8.56. The second kappa shape index (κ2) is 9.48. The Morgan fingerprint density at radius 3 is 2.59 bits per heavy atom. The van der Waals surface area contributed by atoms with Gasteiger partial charge in [0.15, 0.2) is 5.78 Å². The minimum Gasteiger partial charge on any atom is -0.507 e. The van der Waals surface area contributed by atoms with Crippen molar-refractivity contribution in [1.29, 1.82) is 0 Å². The van der Waals surface area contributed by atoms with Crippen LogP contribution in [0.15, 0.2) is 64.5 Å². The van der Waals surface area contributed by atoms with Crippen LogP contribution in [0.4, 0.5) is 0 Å². The molecule has 2 aromatic rings. The van der Waals surface area contributed by atoms with Crippen molar-refractivity contribution in [3.05, 3.63) is 71.4 Å². The average Bonchev–Trinajstić information content (AvgIpc) is 3.11. The van der Waals surface area contributed by atoms with E-state index in [9.17, 15) is 9.90 Å². The van der Waals surface area contributed by atoms with Crippen LogP contribution in [-0.4, -0.2) is 17.5 Å². The fourth-order valence-electron chi connectivity index (χ4n) is 2.12. The van der Waals surface area contributed by atoms with Gasteiger partial charge in [0.1, 0.15) is 35.2 Å². The molecule has 142 valence electrons. The van der Waals surface area contributed by atoms with E-state index < -0.39 is 5.78 Å². The first kappa shape index (κ1) is 20.1. The number of carbonyl (C=O) groups excluding carboxylic acids is 1. The number of allylic oxidation sites excluding steroid dienone is 3. The molecule has 0 unspecified atom stereocenters. The summed E-state index contributed by atoms with van der Waals surface area (Å²) in [6.45, 7) is 7.96. The number of phenolic OH excluding ortho intramolecular Hbond substituents is 1. The molecule has 1 aromatic carbocycles. The maximum absolute atomic E-state index is 12.6. The van der Waals surface area contributed by atoms with E-state index in [1.807, 2.05) is 33.8 Å². The van der Waals surface area contributed by atoms with Crippen LogP contribution in [0.5, 0.6) is 17.2 Å². The van der Waals surface area contributed by atoms with Crippen LogP contribution in [0, 0.1) is 0 Å². The predicted molar refractivity (Wildman–Crippen MR) is 105 cm³/mol. The summed E-state index contributed by atoms with van der Waals surface area (Å²) >= 11 is 0. The van der Waals surface area contributed by atoms with Gasteiger partial charge in [-0.05, 0) is 63.6 Å². The molecule has 5 heteroatoms. The predicted octanol–water partition coefficient (Wildman–Crippen LogP) is 5.53. The molecule has 0 atom stereocenters. The van der Waals surface area contributed by atoms with E-state index in [1.54, 1.807) is 24.5 Å². The molecule has 1 aromatic heterocycles. The van der Waals surface area contributed by atoms with Gasteiger partial charge < -0.3 is 19.0 Å². The Kier molecular flexibility index (Phi) is 7.06. The molecule has 0 aliphatic heterocycles. The maximum Gasteiger partial charge on any atom is 0.193 e. The fraction of sp³-hybridized carbons (Fsp3) is 0.227. The van der Waals surface area contributed by atoms with Crippen molar-refractivity contribution >= 4 is 11.9 Å². The van der Waals surface area contributed by atoms with Crippen molar-refractivity contribution < 1.29 is 23.8 Å². The molecule has 0 spiro atoms. The van der Waals surface area contributed by atoms with Crippen molar-refractivity contribution in [3.63, 3.8) is 0 Å². The number of hydrogen-bond donors (Lipinski definition) is 1. The molecule has 0 amide bonds. The summed E-state index contributed by atoms with van der Waals surface area (Å²) in [6.07, 6.45) is 7.83. The van der Waals surface area contributed by atoms with Crippen LogP contribution in [0.2, 0.25) is 0 Å². The van der Waals surface area contributed by atoms with E-state index in [4.69, 9.17) is 13.9 Å². The van der Waals surface area contributed by atoms with Gasteiger partial charge in [0.25, 0.3) is 0 Å². The number of carbonyl (C=O) groups is 1. The Morgan fingerprint density at radius 2 is 1.96 bits per heavy atom. The van der Waals surface area contributed by atoms with E-state index in [0.29, 0.717) is 11.5 Å². The number of ether oxygens (including phenoxy) is 2. The number of phenols is 1. The Morgan fingerprint density at radius 1 is 1.19 bits per heavy atom. The summed E-state index contributed by atoms with van der Waals surface area (Å²) in [6, 6.07) is 6.43. The number of aromatic hydroxyl groups is 1. The van der Waals surface area contributed by atoms with Gasteiger partial charge in [-0.1, -0.05) is 5.57 Å². The minimum atomic E-state index is -0.398. The Labute approximate surface area is 159 Å². The number of hydrogen-bond acceptors (Lipinski definition) is 5. The van der Waals surface area contributed by atoms with Crippen LogP contribution < -0.4 is 9.47 Å². The molecule has 1 heterocycles. The summed E-state index contributed by atoms with van der Waals surface area (Å²) in [7, 11) is 0. The van der Waals surface area contributed by atoms with Gasteiger partial charge in [0, 0.05) is 12.1 Å². The molecule has 0 bridgehead atoms. The summed E-state index contributed by atoms with van der Waals surface area (Å²) in [5.74, 6) is 0.561. The first-order chi connectivity index (χ1) is 12.9. The standard InChI is InChI=1S/C22H24O5/c1-15(2)9-11-26-21-13-18(27-14-16(3)4)12-20(24)22(21)19(23)8-7-17-6-5-10-25-17/h5-10,12-14,24H,11H2,1-4H3/b8-7+. The van der Waals surface area contributed by atoms with Crippen LogP contribution in [0.25, 0.3) is 6.08 Å². The van der Waals surface area contributed by atoms with Gasteiger partial charge in [0.2, 0.25) is 0 Å². The first-order valence-corrected chi connectivity index (χ1v) is 8.56. The number of furan rings is 1. The normalized spacial score (nSPS) is 10.5. The molecule has 1 N–H and O–H groups in total. The smallest absolute Gasteiger partial charge is 0.193 e. The third kappa shape index (κ3) is 6.22. The Hall–Kier alpha value is -3.21. The van der Waals surface area contributed by atoms with Crippen molar-refractivity contribution in [2.45, 2.75) is 27.7 Å². The minimum absolute atomic E-state index is 0.0736. The van der Waals surface area contributed by atoms with Gasteiger partial charge >= 0.3 is 0 Å². The molecule has 0 fully saturated rings. The second-order valence-electron chi connectivity index (χ2n) is 6.43. The third-order valence-corrected chi connectivity index (χ3v) is 3.40. The fourth-order valence-corrected chi connectivity index (χ4v) is 2.12. The van der Waals surface area contributed by atoms with E-state index in [-0.39, 0.29) is 23.7 Å². The lowest BCUT2D eigenvalue weighted by Crippen LogP contribution is -2.04. The average molecular weight is 368 g/mol. The molecule has 0 saturated carbocycles. The van der Waals surface area contributed by atoms with Gasteiger partial charge in [-0.2, -0.15) is 0 Å². The zero-order valence-electron chi connectivity index (χ0n) is 16.0. The number of ketones is 1. The van der Waals surface area contributed by atoms with E-state index in [1.165, 1.54) is 24.5 Å². The lowest BCUT2D eigenvalue weighted by Gasteiger charge is -2.12. The van der Waals surface area contributed by atoms with Crippen molar-refractivity contribution in [1.82, 2.24) is 0 Å². The molecule has 0 saturated heterocycles. The highest BCUT2D eigenvalue weighted by atomic mass is 16.5. The molecule has 0 aliphatic carbocycles. The summed E-state index contributed by atoms with van der Waals surface area (Å²) in [5, 5.41) is 10.4. The Balaban J connectivity index is 2.35. The summed E-state index contributed by atoms with van der Waals surface area (Å²) < 4.78 is 16.4. The van der Waals surface area contributed by atoms with E-state index >= 15 is 0 Å². The molecule has 0 radical (unpaired) electrons. The highest BCUT2D eigenvalue weighted by Crippen LogP contribution is 2.34. The third-order valence-electron chi connectivity index (χ3n) is 3.40.